The van der Waals surface area contributed by atoms with E-state index in [1.165, 1.54) is 16.4 Å². The number of hydrogen-bond donors (Lipinski definition) is 2. The molecule has 1 aromatic heterocycles. The van der Waals surface area contributed by atoms with Crippen molar-refractivity contribution in [3.63, 3.8) is 0 Å². The van der Waals surface area contributed by atoms with Gasteiger partial charge in [0.2, 0.25) is 0 Å². The molecule has 1 aliphatic heterocycles. The van der Waals surface area contributed by atoms with Crippen LogP contribution in [0.4, 0.5) is 0 Å². The van der Waals surface area contributed by atoms with Gasteiger partial charge in [0.25, 0.3) is 10.0 Å². The highest BCUT2D eigenvalue weighted by atomic mass is 32.2. The normalized spacial score (nSPS) is 19.3. The molecule has 1 fully saturated rings. The van der Waals surface area contributed by atoms with E-state index in [-0.39, 0.29) is 16.5 Å². The van der Waals surface area contributed by atoms with Gasteiger partial charge < -0.3 is 10.2 Å². The number of aliphatic hydroxyl groups excluding tert-OH is 1. The first kappa shape index (κ1) is 15.9. The van der Waals surface area contributed by atoms with Crippen LogP contribution in [-0.2, 0) is 10.0 Å². The Morgan fingerprint density at radius 3 is 2.43 bits per heavy atom. The minimum absolute atomic E-state index is 0.0539. The zero-order chi connectivity index (χ0) is 15.6. The molecule has 0 amide bonds. The molecule has 1 aromatic rings. The number of carboxylic acids is 1. The zero-order valence-corrected chi connectivity index (χ0v) is 12.5. The highest BCUT2D eigenvalue weighted by molar-refractivity contribution is 7.89. The fourth-order valence-corrected chi connectivity index (χ4v) is 3.77. The van der Waals surface area contributed by atoms with Gasteiger partial charge in [0.15, 0.2) is 5.03 Å². The molecule has 8 heteroatoms. The molecule has 2 N–H and O–H groups in total. The molecule has 1 unspecified atom stereocenters. The second-order valence-electron chi connectivity index (χ2n) is 5.17. The van der Waals surface area contributed by atoms with Crippen LogP contribution in [-0.4, -0.2) is 53.1 Å². The Kier molecular flexibility index (Phi) is 4.60. The Hall–Kier alpha value is -1.51. The summed E-state index contributed by atoms with van der Waals surface area (Å²) >= 11 is 0. The summed E-state index contributed by atoms with van der Waals surface area (Å²) in [5, 5.41) is 18.2. The van der Waals surface area contributed by atoms with Crippen LogP contribution in [0.2, 0.25) is 0 Å². The van der Waals surface area contributed by atoms with Crippen molar-refractivity contribution < 1.29 is 23.4 Å². The van der Waals surface area contributed by atoms with E-state index in [0.29, 0.717) is 25.9 Å². The monoisotopic (exact) mass is 314 g/mol. The summed E-state index contributed by atoms with van der Waals surface area (Å²) < 4.78 is 26.1. The molecule has 0 saturated carbocycles. The predicted molar refractivity (Wildman–Crippen MR) is 74.4 cm³/mol. The predicted octanol–water partition coefficient (Wildman–Crippen LogP) is 0.561. The fraction of sp³-hybridized carbons (Fsp3) is 0.538. The Bertz CT molecular complexity index is 604. The van der Waals surface area contributed by atoms with Crippen molar-refractivity contribution in [2.75, 3.05) is 13.1 Å². The van der Waals surface area contributed by atoms with E-state index < -0.39 is 22.1 Å². The Morgan fingerprint density at radius 1 is 1.38 bits per heavy atom. The van der Waals surface area contributed by atoms with Crippen molar-refractivity contribution in [1.29, 1.82) is 0 Å². The van der Waals surface area contributed by atoms with Crippen molar-refractivity contribution in [3.8, 4) is 0 Å². The number of carboxylic acid groups (broad SMARTS) is 1. The van der Waals surface area contributed by atoms with Crippen LogP contribution in [0.15, 0.2) is 23.4 Å². The molecule has 1 saturated heterocycles. The SMILES string of the molecule is CC(O)C1CCN(S(=O)(=O)c2ccc(C(=O)O)cn2)CC1. The number of piperidine rings is 1. The number of aliphatic hydroxyl groups is 1. The molecule has 1 aliphatic rings. The van der Waals surface area contributed by atoms with Crippen LogP contribution >= 0.6 is 0 Å². The van der Waals surface area contributed by atoms with Crippen LogP contribution in [0.1, 0.15) is 30.1 Å². The molecule has 116 valence electrons. The maximum Gasteiger partial charge on any atom is 0.337 e. The number of nitrogens with zero attached hydrogens (tertiary/aromatic N) is 2. The Labute approximate surface area is 123 Å². The van der Waals surface area contributed by atoms with E-state index in [1.54, 1.807) is 6.92 Å². The number of aromatic nitrogens is 1. The van der Waals surface area contributed by atoms with Gasteiger partial charge in [0, 0.05) is 19.3 Å². The standard InChI is InChI=1S/C13H18N2O5S/c1-9(16)10-4-6-15(7-5-10)21(19,20)12-3-2-11(8-14-12)13(17)18/h2-3,8-10,16H,4-7H2,1H3,(H,17,18). The lowest BCUT2D eigenvalue weighted by atomic mass is 9.93. The second-order valence-corrected chi connectivity index (χ2v) is 7.06. The van der Waals surface area contributed by atoms with E-state index in [9.17, 15) is 18.3 Å². The zero-order valence-electron chi connectivity index (χ0n) is 11.6. The van der Waals surface area contributed by atoms with Gasteiger partial charge in [0.1, 0.15) is 0 Å². The largest absolute Gasteiger partial charge is 0.478 e. The minimum atomic E-state index is -3.71. The smallest absolute Gasteiger partial charge is 0.337 e. The van der Waals surface area contributed by atoms with Crippen LogP contribution in [0, 0.1) is 5.92 Å². The summed E-state index contributed by atoms with van der Waals surface area (Å²) in [6.45, 7) is 2.38. The number of carbonyl (C=O) groups is 1. The molecule has 2 rings (SSSR count). The molecule has 7 nitrogen and oxygen atoms in total. The summed E-state index contributed by atoms with van der Waals surface area (Å²) in [4.78, 5) is 14.5. The Morgan fingerprint density at radius 2 is 2.00 bits per heavy atom. The first-order valence-electron chi connectivity index (χ1n) is 6.70. The third-order valence-electron chi connectivity index (χ3n) is 3.77. The molecular weight excluding hydrogens is 296 g/mol. The minimum Gasteiger partial charge on any atom is -0.478 e. The second kappa shape index (κ2) is 6.08. The molecule has 0 radical (unpaired) electrons. The lowest BCUT2D eigenvalue weighted by Crippen LogP contribution is -2.40. The van der Waals surface area contributed by atoms with Crippen LogP contribution < -0.4 is 0 Å². The maximum absolute atomic E-state index is 12.4. The first-order valence-corrected chi connectivity index (χ1v) is 8.14. The number of hydrogen-bond acceptors (Lipinski definition) is 5. The van der Waals surface area contributed by atoms with Crippen LogP contribution in [0.5, 0.6) is 0 Å². The highest BCUT2D eigenvalue weighted by Gasteiger charge is 2.31. The van der Waals surface area contributed by atoms with E-state index in [4.69, 9.17) is 5.11 Å². The van der Waals surface area contributed by atoms with Crippen molar-refractivity contribution in [2.45, 2.75) is 30.9 Å². The van der Waals surface area contributed by atoms with E-state index in [2.05, 4.69) is 4.98 Å². The van der Waals surface area contributed by atoms with E-state index in [0.717, 1.165) is 6.20 Å². The first-order chi connectivity index (χ1) is 9.82. The maximum atomic E-state index is 12.4. The van der Waals surface area contributed by atoms with Crippen molar-refractivity contribution in [1.82, 2.24) is 9.29 Å². The lowest BCUT2D eigenvalue weighted by molar-refractivity contribution is 0.0696. The van der Waals surface area contributed by atoms with E-state index >= 15 is 0 Å². The summed E-state index contributed by atoms with van der Waals surface area (Å²) in [5.41, 5.74) is -0.0539. The molecule has 2 heterocycles. The van der Waals surface area contributed by atoms with Crippen molar-refractivity contribution in [3.05, 3.63) is 23.9 Å². The van der Waals surface area contributed by atoms with Gasteiger partial charge in [-0.1, -0.05) is 0 Å². The van der Waals surface area contributed by atoms with Crippen molar-refractivity contribution >= 4 is 16.0 Å². The number of rotatable bonds is 4. The van der Waals surface area contributed by atoms with Gasteiger partial charge in [-0.2, -0.15) is 4.31 Å². The fourth-order valence-electron chi connectivity index (χ4n) is 2.39. The van der Waals surface area contributed by atoms with Gasteiger partial charge >= 0.3 is 5.97 Å². The van der Waals surface area contributed by atoms with Gasteiger partial charge in [-0.05, 0) is 37.8 Å². The lowest BCUT2D eigenvalue weighted by Gasteiger charge is -2.32. The molecule has 0 bridgehead atoms. The number of pyridine rings is 1. The van der Waals surface area contributed by atoms with Crippen molar-refractivity contribution in [2.24, 2.45) is 5.92 Å². The number of aromatic carboxylic acids is 1. The molecule has 0 aliphatic carbocycles. The summed E-state index contributed by atoms with van der Waals surface area (Å²) in [7, 11) is -3.71. The average Bonchev–Trinajstić information content (AvgIpc) is 2.47. The summed E-state index contributed by atoms with van der Waals surface area (Å²) in [6, 6.07) is 2.43. The third kappa shape index (κ3) is 3.39. The Balaban J connectivity index is 2.13. The average molecular weight is 314 g/mol. The van der Waals surface area contributed by atoms with E-state index in [1.807, 2.05) is 0 Å². The third-order valence-corrected chi connectivity index (χ3v) is 5.58. The highest BCUT2D eigenvalue weighted by Crippen LogP contribution is 2.24. The molecule has 21 heavy (non-hydrogen) atoms. The molecule has 0 spiro atoms. The van der Waals surface area contributed by atoms with Gasteiger partial charge in [-0.3, -0.25) is 0 Å². The molecular formula is C13H18N2O5S. The molecule has 1 atom stereocenters. The summed E-state index contributed by atoms with van der Waals surface area (Å²) in [6.07, 6.45) is 1.80. The van der Waals surface area contributed by atoms with Gasteiger partial charge in [0.05, 0.1) is 11.7 Å². The number of sulfonamides is 1. The summed E-state index contributed by atoms with van der Waals surface area (Å²) in [5.74, 6) is -1.04. The van der Waals surface area contributed by atoms with Gasteiger partial charge in [-0.15, -0.1) is 0 Å². The topological polar surface area (TPSA) is 108 Å². The van der Waals surface area contributed by atoms with Crippen LogP contribution in [0.25, 0.3) is 0 Å². The van der Waals surface area contributed by atoms with Gasteiger partial charge in [-0.25, -0.2) is 18.2 Å². The van der Waals surface area contributed by atoms with Crippen LogP contribution in [0.3, 0.4) is 0 Å². The molecule has 0 aromatic carbocycles. The quantitative estimate of drug-likeness (QED) is 0.841.